The minimum atomic E-state index is -1.06. The van der Waals surface area contributed by atoms with Gasteiger partial charge in [-0.1, -0.05) is 66.2 Å². The van der Waals surface area contributed by atoms with Crippen LogP contribution in [0.3, 0.4) is 0 Å². The van der Waals surface area contributed by atoms with E-state index in [9.17, 15) is 14.9 Å². The van der Waals surface area contributed by atoms with Gasteiger partial charge in [0.1, 0.15) is 11.6 Å². The van der Waals surface area contributed by atoms with Crippen LogP contribution in [-0.4, -0.2) is 18.0 Å². The van der Waals surface area contributed by atoms with Crippen molar-refractivity contribution in [2.24, 2.45) is 0 Å². The van der Waals surface area contributed by atoms with Crippen LogP contribution in [0.4, 0.5) is 5.69 Å². The molecule has 0 aliphatic heterocycles. The normalized spacial score (nSPS) is 12.1. The molecule has 5 nitrogen and oxygen atoms in total. The number of nitriles is 1. The zero-order valence-corrected chi connectivity index (χ0v) is 16.2. The van der Waals surface area contributed by atoms with Gasteiger partial charge in [0.05, 0.1) is 0 Å². The van der Waals surface area contributed by atoms with Crippen molar-refractivity contribution in [2.75, 3.05) is 5.32 Å². The zero-order chi connectivity index (χ0) is 20.8. The van der Waals surface area contributed by atoms with Gasteiger partial charge < -0.3 is 10.1 Å². The largest absolute Gasteiger partial charge is 0.448 e. The molecule has 0 radical (unpaired) electrons. The van der Waals surface area contributed by atoms with Crippen molar-refractivity contribution in [3.05, 3.63) is 83.4 Å². The highest BCUT2D eigenvalue weighted by Gasteiger charge is 2.21. The van der Waals surface area contributed by atoms with E-state index in [1.807, 2.05) is 61.5 Å². The number of carbonyl (C=O) groups is 2. The highest BCUT2D eigenvalue weighted by atomic mass is 16.5. The Hall–Kier alpha value is -3.91. The van der Waals surface area contributed by atoms with Gasteiger partial charge in [-0.2, -0.15) is 5.26 Å². The molecule has 3 aromatic carbocycles. The summed E-state index contributed by atoms with van der Waals surface area (Å²) in [6.07, 6.45) is 0.383. The van der Waals surface area contributed by atoms with E-state index in [4.69, 9.17) is 4.74 Å². The van der Waals surface area contributed by atoms with Crippen LogP contribution >= 0.6 is 0 Å². The van der Waals surface area contributed by atoms with Gasteiger partial charge in [-0.15, -0.1) is 0 Å². The second kappa shape index (κ2) is 8.85. The first-order valence-electron chi connectivity index (χ1n) is 9.16. The van der Waals surface area contributed by atoms with Gasteiger partial charge in [0.2, 0.25) is 0 Å². The van der Waals surface area contributed by atoms with Crippen molar-refractivity contribution >= 4 is 34.4 Å². The molecule has 29 heavy (non-hydrogen) atoms. The van der Waals surface area contributed by atoms with Crippen LogP contribution < -0.4 is 5.32 Å². The molecule has 0 spiro atoms. The number of nitrogens with one attached hydrogen (secondary N) is 1. The lowest BCUT2D eigenvalue weighted by atomic mass is 10.1. The summed E-state index contributed by atoms with van der Waals surface area (Å²) in [7, 11) is 0. The number of hydrogen-bond donors (Lipinski definition) is 1. The number of amides is 1. The van der Waals surface area contributed by atoms with E-state index in [0.717, 1.165) is 16.3 Å². The molecule has 0 aliphatic carbocycles. The average Bonchev–Trinajstić information content (AvgIpc) is 2.73. The average molecular weight is 384 g/mol. The third-order valence-corrected chi connectivity index (χ3v) is 4.43. The monoisotopic (exact) mass is 384 g/mol. The molecule has 0 heterocycles. The predicted molar refractivity (Wildman–Crippen MR) is 113 cm³/mol. The number of carbonyl (C=O) groups excluding carboxylic acids is 2. The van der Waals surface area contributed by atoms with Crippen molar-refractivity contribution < 1.29 is 14.3 Å². The molecule has 1 amide bonds. The Morgan fingerprint density at radius 2 is 1.72 bits per heavy atom. The summed E-state index contributed by atoms with van der Waals surface area (Å²) >= 11 is 0. The highest BCUT2D eigenvalue weighted by molar-refractivity contribution is 6.05. The van der Waals surface area contributed by atoms with Crippen molar-refractivity contribution in [3.63, 3.8) is 0 Å². The number of esters is 1. The molecular formula is C24H20N2O3. The zero-order valence-electron chi connectivity index (χ0n) is 16.2. The van der Waals surface area contributed by atoms with E-state index < -0.39 is 18.0 Å². The molecule has 0 aliphatic rings. The minimum absolute atomic E-state index is 0.168. The van der Waals surface area contributed by atoms with E-state index >= 15 is 0 Å². The first kappa shape index (κ1) is 19.8. The number of aryl methyl sites for hydroxylation is 1. The minimum Gasteiger partial charge on any atom is -0.448 e. The number of nitrogens with zero attached hydrogens (tertiary/aromatic N) is 1. The van der Waals surface area contributed by atoms with Gasteiger partial charge in [-0.05, 0) is 36.9 Å². The standard InChI is InChI=1S/C24H20N2O3/c1-16-10-12-18(13-11-16)14-20(15-25)24(28)29-17(2)23(27)26-22-9-5-7-19-6-3-4-8-21(19)22/h3-14,17H,1-2H3,(H,26,27)/b20-14+/t17-/m0/s1. The number of hydrogen-bond acceptors (Lipinski definition) is 4. The number of ether oxygens (including phenoxy) is 1. The summed E-state index contributed by atoms with van der Waals surface area (Å²) in [5.41, 5.74) is 2.24. The van der Waals surface area contributed by atoms with Gasteiger partial charge in [0.25, 0.3) is 5.91 Å². The fraction of sp³-hybridized carbons (Fsp3) is 0.125. The fourth-order valence-corrected chi connectivity index (χ4v) is 2.81. The maximum absolute atomic E-state index is 12.5. The smallest absolute Gasteiger partial charge is 0.349 e. The van der Waals surface area contributed by atoms with Gasteiger partial charge >= 0.3 is 5.97 Å². The first-order chi connectivity index (χ1) is 14.0. The molecule has 144 valence electrons. The number of benzene rings is 3. The third-order valence-electron chi connectivity index (χ3n) is 4.43. The van der Waals surface area contributed by atoms with Gasteiger partial charge in [0, 0.05) is 11.1 Å². The summed E-state index contributed by atoms with van der Waals surface area (Å²) in [6, 6.07) is 22.4. The van der Waals surface area contributed by atoms with E-state index in [1.165, 1.54) is 13.0 Å². The molecule has 3 aromatic rings. The maximum atomic E-state index is 12.5. The summed E-state index contributed by atoms with van der Waals surface area (Å²) in [6.45, 7) is 3.42. The van der Waals surface area contributed by atoms with E-state index in [1.54, 1.807) is 18.2 Å². The van der Waals surface area contributed by atoms with Crippen LogP contribution in [0.25, 0.3) is 16.8 Å². The molecule has 0 aromatic heterocycles. The van der Waals surface area contributed by atoms with Gasteiger partial charge in [0.15, 0.2) is 6.10 Å². The van der Waals surface area contributed by atoms with Crippen molar-refractivity contribution in [1.29, 1.82) is 5.26 Å². The quantitative estimate of drug-likeness (QED) is 0.395. The lowest BCUT2D eigenvalue weighted by Gasteiger charge is -2.14. The van der Waals surface area contributed by atoms with Crippen molar-refractivity contribution in [2.45, 2.75) is 20.0 Å². The molecule has 1 N–H and O–H groups in total. The number of rotatable bonds is 5. The Morgan fingerprint density at radius 3 is 2.45 bits per heavy atom. The van der Waals surface area contributed by atoms with Crippen molar-refractivity contribution in [3.8, 4) is 6.07 Å². The predicted octanol–water partition coefficient (Wildman–Crippen LogP) is 4.63. The molecule has 1 atom stereocenters. The molecular weight excluding hydrogens is 364 g/mol. The van der Waals surface area contributed by atoms with Gasteiger partial charge in [-0.3, -0.25) is 4.79 Å². The molecule has 0 saturated heterocycles. The van der Waals surface area contributed by atoms with E-state index in [2.05, 4.69) is 5.32 Å². The van der Waals surface area contributed by atoms with Crippen LogP contribution in [0, 0.1) is 18.3 Å². The van der Waals surface area contributed by atoms with Crippen LogP contribution in [0.15, 0.2) is 72.3 Å². The van der Waals surface area contributed by atoms with E-state index in [-0.39, 0.29) is 5.57 Å². The maximum Gasteiger partial charge on any atom is 0.349 e. The summed E-state index contributed by atoms with van der Waals surface area (Å²) in [5, 5.41) is 14.0. The summed E-state index contributed by atoms with van der Waals surface area (Å²) in [5.74, 6) is -1.31. The summed E-state index contributed by atoms with van der Waals surface area (Å²) < 4.78 is 5.20. The Balaban J connectivity index is 1.70. The van der Waals surface area contributed by atoms with E-state index in [0.29, 0.717) is 11.3 Å². The highest BCUT2D eigenvalue weighted by Crippen LogP contribution is 2.23. The number of anilines is 1. The topological polar surface area (TPSA) is 79.2 Å². The molecule has 0 unspecified atom stereocenters. The summed E-state index contributed by atoms with van der Waals surface area (Å²) in [4.78, 5) is 24.8. The second-order valence-electron chi connectivity index (χ2n) is 6.64. The Kier molecular flexibility index (Phi) is 6.06. The van der Waals surface area contributed by atoms with Gasteiger partial charge in [-0.25, -0.2) is 4.79 Å². The van der Waals surface area contributed by atoms with Crippen LogP contribution in [-0.2, 0) is 14.3 Å². The lowest BCUT2D eigenvalue weighted by molar-refractivity contribution is -0.148. The van der Waals surface area contributed by atoms with Crippen LogP contribution in [0.5, 0.6) is 0 Å². The Bertz CT molecular complexity index is 1120. The van der Waals surface area contributed by atoms with Crippen LogP contribution in [0.1, 0.15) is 18.1 Å². The Labute approximate surface area is 169 Å². The molecule has 3 rings (SSSR count). The molecule has 0 fully saturated rings. The second-order valence-corrected chi connectivity index (χ2v) is 6.64. The first-order valence-corrected chi connectivity index (χ1v) is 9.16. The SMILES string of the molecule is Cc1ccc(/C=C(\C#N)C(=O)O[C@@H](C)C(=O)Nc2cccc3ccccc23)cc1. The third kappa shape index (κ3) is 4.88. The molecule has 0 bridgehead atoms. The lowest BCUT2D eigenvalue weighted by Crippen LogP contribution is -2.30. The Morgan fingerprint density at radius 1 is 1.03 bits per heavy atom. The molecule has 5 heteroatoms. The van der Waals surface area contributed by atoms with Crippen molar-refractivity contribution in [1.82, 2.24) is 0 Å². The van der Waals surface area contributed by atoms with Crippen LogP contribution in [0.2, 0.25) is 0 Å². The number of fused-ring (bicyclic) bond motifs is 1. The fourth-order valence-electron chi connectivity index (χ4n) is 2.81. The molecule has 0 saturated carbocycles.